The van der Waals surface area contributed by atoms with Crippen LogP contribution in [-0.2, 0) is 4.74 Å². The van der Waals surface area contributed by atoms with Gasteiger partial charge in [0, 0.05) is 11.4 Å². The van der Waals surface area contributed by atoms with Crippen molar-refractivity contribution in [3.05, 3.63) is 52.8 Å². The maximum absolute atomic E-state index is 12.2. The molecule has 0 bridgehead atoms. The molecule has 1 aromatic heterocycles. The number of aromatic nitrogens is 1. The monoisotopic (exact) mass is 391 g/mol. The Hall–Kier alpha value is -2.41. The summed E-state index contributed by atoms with van der Waals surface area (Å²) in [5.74, 6) is -0.342. The number of pyridine rings is 1. The number of carbonyl (C=O) groups excluding carboxylic acids is 2. The number of nitrogens with zero attached hydrogens (tertiary/aromatic N) is 1. The summed E-state index contributed by atoms with van der Waals surface area (Å²) < 4.78 is 5.77. The van der Waals surface area contributed by atoms with Gasteiger partial charge >= 0.3 is 6.09 Å². The minimum atomic E-state index is -0.581. The number of hydrogen-bond donors (Lipinski definition) is 2. The van der Waals surface area contributed by atoms with Crippen molar-refractivity contribution in [2.24, 2.45) is 0 Å². The fourth-order valence-corrected chi connectivity index (χ4v) is 2.17. The largest absolute Gasteiger partial charge is 0.444 e. The van der Waals surface area contributed by atoms with Crippen LogP contribution in [-0.4, -0.2) is 22.6 Å². The predicted molar refractivity (Wildman–Crippen MR) is 96.2 cm³/mol. The second-order valence-electron chi connectivity index (χ2n) is 6.01. The molecule has 6 nitrogen and oxygen atoms in total. The highest BCUT2D eigenvalue weighted by atomic mass is 79.9. The average molecular weight is 392 g/mol. The SMILES string of the molecule is CC(C)(C)OC(=O)Nc1cccc(NC(=O)c2cccc(Br)n2)c1. The zero-order chi connectivity index (χ0) is 17.7. The van der Waals surface area contributed by atoms with Gasteiger partial charge in [0.2, 0.25) is 0 Å². The molecule has 0 spiro atoms. The number of rotatable bonds is 3. The molecule has 0 atom stereocenters. The van der Waals surface area contributed by atoms with Crippen molar-refractivity contribution in [2.75, 3.05) is 10.6 Å². The fraction of sp³-hybridized carbons (Fsp3) is 0.235. The highest BCUT2D eigenvalue weighted by Crippen LogP contribution is 2.17. The van der Waals surface area contributed by atoms with Crippen molar-refractivity contribution in [1.29, 1.82) is 0 Å². The standard InChI is InChI=1S/C17H18BrN3O3/c1-17(2,3)24-16(23)20-12-7-4-6-11(10-12)19-15(22)13-8-5-9-14(18)21-13/h4-10H,1-3H3,(H,19,22)(H,20,23). The molecule has 126 valence electrons. The van der Waals surface area contributed by atoms with Crippen LogP contribution in [0, 0.1) is 0 Å². The number of anilines is 2. The molecule has 24 heavy (non-hydrogen) atoms. The Kier molecular flexibility index (Phi) is 5.56. The van der Waals surface area contributed by atoms with Crippen LogP contribution in [0.5, 0.6) is 0 Å². The molecule has 1 heterocycles. The summed E-state index contributed by atoms with van der Waals surface area (Å²) in [6.07, 6.45) is -0.556. The Bertz CT molecular complexity index is 757. The van der Waals surface area contributed by atoms with E-state index in [1.807, 2.05) is 0 Å². The van der Waals surface area contributed by atoms with Gasteiger partial charge < -0.3 is 10.1 Å². The molecule has 2 aromatic rings. The van der Waals surface area contributed by atoms with E-state index in [4.69, 9.17) is 4.74 Å². The van der Waals surface area contributed by atoms with Crippen molar-refractivity contribution in [1.82, 2.24) is 4.98 Å². The van der Waals surface area contributed by atoms with Crippen LogP contribution in [0.1, 0.15) is 31.3 Å². The van der Waals surface area contributed by atoms with Gasteiger partial charge in [0.25, 0.3) is 5.91 Å². The van der Waals surface area contributed by atoms with Crippen LogP contribution < -0.4 is 10.6 Å². The lowest BCUT2D eigenvalue weighted by Gasteiger charge is -2.19. The lowest BCUT2D eigenvalue weighted by molar-refractivity contribution is 0.0636. The molecule has 0 radical (unpaired) electrons. The lowest BCUT2D eigenvalue weighted by atomic mass is 10.2. The smallest absolute Gasteiger partial charge is 0.412 e. The van der Waals surface area contributed by atoms with Gasteiger partial charge in [-0.2, -0.15) is 0 Å². The molecular formula is C17H18BrN3O3. The van der Waals surface area contributed by atoms with Crippen LogP contribution in [0.25, 0.3) is 0 Å². The first-order valence-electron chi connectivity index (χ1n) is 7.27. The van der Waals surface area contributed by atoms with Gasteiger partial charge in [-0.15, -0.1) is 0 Å². The van der Waals surface area contributed by atoms with Gasteiger partial charge in [0.15, 0.2) is 0 Å². The Morgan fingerprint density at radius 2 is 1.67 bits per heavy atom. The zero-order valence-corrected chi connectivity index (χ0v) is 15.2. The number of halogens is 1. The maximum Gasteiger partial charge on any atom is 0.412 e. The number of benzene rings is 1. The summed E-state index contributed by atoms with van der Waals surface area (Å²) >= 11 is 3.23. The molecule has 0 aliphatic heterocycles. The van der Waals surface area contributed by atoms with E-state index in [1.165, 1.54) is 0 Å². The normalized spacial score (nSPS) is 10.8. The zero-order valence-electron chi connectivity index (χ0n) is 13.6. The molecule has 2 N–H and O–H groups in total. The van der Waals surface area contributed by atoms with E-state index in [0.717, 1.165) is 0 Å². The molecule has 2 amide bonds. The number of nitrogens with one attached hydrogen (secondary N) is 2. The third kappa shape index (κ3) is 5.66. The van der Waals surface area contributed by atoms with E-state index in [1.54, 1.807) is 63.2 Å². The van der Waals surface area contributed by atoms with Gasteiger partial charge in [0.05, 0.1) is 0 Å². The minimum Gasteiger partial charge on any atom is -0.444 e. The van der Waals surface area contributed by atoms with Crippen molar-refractivity contribution < 1.29 is 14.3 Å². The van der Waals surface area contributed by atoms with Crippen LogP contribution in [0.2, 0.25) is 0 Å². The molecule has 0 fully saturated rings. The summed E-state index contributed by atoms with van der Waals surface area (Å²) in [7, 11) is 0. The van der Waals surface area contributed by atoms with E-state index in [9.17, 15) is 9.59 Å². The third-order valence-corrected chi connectivity index (χ3v) is 3.16. The second kappa shape index (κ2) is 7.44. The van der Waals surface area contributed by atoms with Crippen LogP contribution in [0.15, 0.2) is 47.1 Å². The number of carbonyl (C=O) groups is 2. The Morgan fingerprint density at radius 1 is 1.04 bits per heavy atom. The molecule has 2 rings (SSSR count). The Balaban J connectivity index is 2.05. The van der Waals surface area contributed by atoms with E-state index in [2.05, 4.69) is 31.5 Å². The van der Waals surface area contributed by atoms with Crippen molar-refractivity contribution >= 4 is 39.3 Å². The third-order valence-electron chi connectivity index (χ3n) is 2.71. The van der Waals surface area contributed by atoms with Gasteiger partial charge in [-0.1, -0.05) is 12.1 Å². The average Bonchev–Trinajstić information content (AvgIpc) is 2.45. The van der Waals surface area contributed by atoms with Crippen molar-refractivity contribution in [2.45, 2.75) is 26.4 Å². The van der Waals surface area contributed by atoms with E-state index in [0.29, 0.717) is 16.0 Å². The first-order valence-corrected chi connectivity index (χ1v) is 8.06. The molecule has 1 aromatic carbocycles. The summed E-state index contributed by atoms with van der Waals surface area (Å²) in [5, 5.41) is 5.36. The second-order valence-corrected chi connectivity index (χ2v) is 6.82. The van der Waals surface area contributed by atoms with Crippen molar-refractivity contribution in [3.8, 4) is 0 Å². The molecule has 0 unspecified atom stereocenters. The molecule has 0 saturated carbocycles. The summed E-state index contributed by atoms with van der Waals surface area (Å²) in [5.41, 5.74) is 0.761. The van der Waals surface area contributed by atoms with E-state index < -0.39 is 11.7 Å². The van der Waals surface area contributed by atoms with Gasteiger partial charge in [-0.05, 0) is 67.0 Å². The summed E-state index contributed by atoms with van der Waals surface area (Å²) in [4.78, 5) is 28.1. The van der Waals surface area contributed by atoms with Crippen LogP contribution in [0.3, 0.4) is 0 Å². The highest BCUT2D eigenvalue weighted by Gasteiger charge is 2.16. The summed E-state index contributed by atoms with van der Waals surface area (Å²) in [6, 6.07) is 11.9. The van der Waals surface area contributed by atoms with Gasteiger partial charge in [0.1, 0.15) is 15.9 Å². The van der Waals surface area contributed by atoms with Crippen LogP contribution >= 0.6 is 15.9 Å². The summed E-state index contributed by atoms with van der Waals surface area (Å²) in [6.45, 7) is 5.36. The number of hydrogen-bond acceptors (Lipinski definition) is 4. The first kappa shape index (κ1) is 17.9. The quantitative estimate of drug-likeness (QED) is 0.757. The number of amides is 2. The van der Waals surface area contributed by atoms with Crippen LogP contribution in [0.4, 0.5) is 16.2 Å². The van der Waals surface area contributed by atoms with E-state index >= 15 is 0 Å². The Labute approximate surface area is 148 Å². The fourth-order valence-electron chi connectivity index (χ4n) is 1.83. The first-order chi connectivity index (χ1) is 11.2. The molecule has 7 heteroatoms. The Morgan fingerprint density at radius 3 is 2.29 bits per heavy atom. The molecule has 0 saturated heterocycles. The van der Waals surface area contributed by atoms with Gasteiger partial charge in [-0.25, -0.2) is 9.78 Å². The van der Waals surface area contributed by atoms with E-state index in [-0.39, 0.29) is 11.6 Å². The van der Waals surface area contributed by atoms with Crippen molar-refractivity contribution in [3.63, 3.8) is 0 Å². The molecular weight excluding hydrogens is 374 g/mol. The molecule has 0 aliphatic carbocycles. The topological polar surface area (TPSA) is 80.3 Å². The lowest BCUT2D eigenvalue weighted by Crippen LogP contribution is -2.27. The number of ether oxygens (including phenoxy) is 1. The predicted octanol–water partition coefficient (Wildman–Crippen LogP) is 4.44. The maximum atomic E-state index is 12.2. The minimum absolute atomic E-state index is 0.287. The van der Waals surface area contributed by atoms with Gasteiger partial charge in [-0.3, -0.25) is 10.1 Å². The highest BCUT2D eigenvalue weighted by molar-refractivity contribution is 9.10. The molecule has 0 aliphatic rings.